The molecule has 0 saturated carbocycles. The number of benzene rings is 3. The van der Waals surface area contributed by atoms with Gasteiger partial charge in [0.05, 0.1) is 26.4 Å². The lowest BCUT2D eigenvalue weighted by atomic mass is 9.84. The van der Waals surface area contributed by atoms with Gasteiger partial charge in [-0.15, -0.1) is 0 Å². The van der Waals surface area contributed by atoms with Crippen molar-refractivity contribution in [3.8, 4) is 22.3 Å². The van der Waals surface area contributed by atoms with E-state index < -0.39 is 0 Å². The second-order valence-corrected chi connectivity index (χ2v) is 12.3. The van der Waals surface area contributed by atoms with Gasteiger partial charge in [-0.3, -0.25) is 0 Å². The highest BCUT2D eigenvalue weighted by atomic mass is 79.9. The fourth-order valence-corrected chi connectivity index (χ4v) is 5.44. The molecular formula is C33H40Br2O3. The second-order valence-electron chi connectivity index (χ2n) is 10.4. The van der Waals surface area contributed by atoms with Gasteiger partial charge >= 0.3 is 0 Å². The minimum absolute atomic E-state index is 0.305. The van der Waals surface area contributed by atoms with E-state index in [1.165, 1.54) is 53.5 Å². The van der Waals surface area contributed by atoms with Crippen molar-refractivity contribution in [2.24, 2.45) is 5.41 Å². The number of rotatable bonds is 16. The molecule has 0 N–H and O–H groups in total. The molecule has 5 heteroatoms. The van der Waals surface area contributed by atoms with Crippen LogP contribution in [0.3, 0.4) is 0 Å². The number of ether oxygens (including phenoxy) is 3. The summed E-state index contributed by atoms with van der Waals surface area (Å²) in [6.07, 6.45) is 8.41. The predicted octanol–water partition coefficient (Wildman–Crippen LogP) is 9.85. The highest BCUT2D eigenvalue weighted by Crippen LogP contribution is 2.36. The fraction of sp³-hybridized carbons (Fsp3) is 0.455. The zero-order valence-corrected chi connectivity index (χ0v) is 25.7. The summed E-state index contributed by atoms with van der Waals surface area (Å²) in [6.45, 7) is 7.13. The standard InChI is InChI=1S/C33H40Br2O3/c1-2-33(24-38-25-33)23-37-21-8-6-4-3-5-7-20-36-22-28-10-9-11-31(26-12-16-29(34)17-13-26)32(28)27-14-18-30(35)19-15-27/h9-19H,2-8,20-25H2,1H3. The predicted molar refractivity (Wildman–Crippen MR) is 164 cm³/mol. The molecule has 1 aliphatic rings. The SMILES string of the molecule is CCC1(COCCCCCCCCOCc2cccc(-c3ccc(Br)cc3)c2-c2ccc(Br)cc2)COC1. The third-order valence-electron chi connectivity index (χ3n) is 7.50. The maximum atomic E-state index is 6.19. The monoisotopic (exact) mass is 642 g/mol. The first kappa shape index (κ1) is 29.5. The summed E-state index contributed by atoms with van der Waals surface area (Å²) in [7, 11) is 0. The van der Waals surface area contributed by atoms with Gasteiger partial charge in [0.2, 0.25) is 0 Å². The quantitative estimate of drug-likeness (QED) is 0.145. The number of hydrogen-bond acceptors (Lipinski definition) is 3. The zero-order valence-electron chi connectivity index (χ0n) is 22.5. The summed E-state index contributed by atoms with van der Waals surface area (Å²) in [5.74, 6) is 0. The van der Waals surface area contributed by atoms with Crippen molar-refractivity contribution in [1.29, 1.82) is 0 Å². The minimum Gasteiger partial charge on any atom is -0.381 e. The molecule has 4 rings (SSSR count). The van der Waals surface area contributed by atoms with Crippen LogP contribution in [0.5, 0.6) is 0 Å². The van der Waals surface area contributed by atoms with Crippen molar-refractivity contribution < 1.29 is 14.2 Å². The lowest BCUT2D eigenvalue weighted by Crippen LogP contribution is -2.45. The van der Waals surface area contributed by atoms with Crippen LogP contribution in [0.2, 0.25) is 0 Å². The Labute approximate surface area is 245 Å². The Hall–Kier alpha value is -1.50. The van der Waals surface area contributed by atoms with Crippen LogP contribution in [-0.2, 0) is 20.8 Å². The molecule has 1 heterocycles. The zero-order chi connectivity index (χ0) is 26.6. The van der Waals surface area contributed by atoms with Gasteiger partial charge in [-0.1, -0.05) is 107 Å². The fourth-order valence-electron chi connectivity index (χ4n) is 4.91. The lowest BCUT2D eigenvalue weighted by molar-refractivity contribution is -0.150. The molecule has 0 aromatic heterocycles. The van der Waals surface area contributed by atoms with Gasteiger partial charge in [-0.05, 0) is 71.3 Å². The van der Waals surface area contributed by atoms with Crippen molar-refractivity contribution in [1.82, 2.24) is 0 Å². The molecule has 0 bridgehead atoms. The Morgan fingerprint density at radius 1 is 0.711 bits per heavy atom. The number of unbranched alkanes of at least 4 members (excludes halogenated alkanes) is 5. The third-order valence-corrected chi connectivity index (χ3v) is 8.56. The number of hydrogen-bond donors (Lipinski definition) is 0. The summed E-state index contributed by atoms with van der Waals surface area (Å²) < 4.78 is 19.6. The Morgan fingerprint density at radius 2 is 1.29 bits per heavy atom. The van der Waals surface area contributed by atoms with Crippen molar-refractivity contribution in [2.45, 2.75) is 58.5 Å². The molecule has 0 spiro atoms. The molecule has 3 aromatic rings. The van der Waals surface area contributed by atoms with E-state index in [0.717, 1.165) is 61.2 Å². The molecule has 0 unspecified atom stereocenters. The van der Waals surface area contributed by atoms with E-state index in [1.807, 2.05) is 0 Å². The van der Waals surface area contributed by atoms with Gasteiger partial charge in [0.1, 0.15) is 0 Å². The molecule has 1 saturated heterocycles. The average Bonchev–Trinajstić information content (AvgIpc) is 2.91. The molecule has 0 radical (unpaired) electrons. The van der Waals surface area contributed by atoms with Gasteiger partial charge in [-0.2, -0.15) is 0 Å². The molecular weight excluding hydrogens is 604 g/mol. The van der Waals surface area contributed by atoms with E-state index in [-0.39, 0.29) is 0 Å². The topological polar surface area (TPSA) is 27.7 Å². The van der Waals surface area contributed by atoms with Gasteiger partial charge in [0, 0.05) is 27.6 Å². The molecule has 3 aromatic carbocycles. The second kappa shape index (κ2) is 15.3. The van der Waals surface area contributed by atoms with Gasteiger partial charge in [0.15, 0.2) is 0 Å². The Morgan fingerprint density at radius 3 is 1.87 bits per heavy atom. The molecule has 0 aliphatic carbocycles. The molecule has 0 amide bonds. The smallest absolute Gasteiger partial charge is 0.0723 e. The van der Waals surface area contributed by atoms with E-state index in [4.69, 9.17) is 14.2 Å². The highest BCUT2D eigenvalue weighted by Gasteiger charge is 2.36. The summed E-state index contributed by atoms with van der Waals surface area (Å²) in [4.78, 5) is 0. The van der Waals surface area contributed by atoms with Crippen LogP contribution in [0.4, 0.5) is 0 Å². The van der Waals surface area contributed by atoms with Crippen LogP contribution < -0.4 is 0 Å². The summed E-state index contributed by atoms with van der Waals surface area (Å²) in [5.41, 5.74) is 6.43. The molecule has 1 fully saturated rings. The summed E-state index contributed by atoms with van der Waals surface area (Å²) >= 11 is 7.14. The van der Waals surface area contributed by atoms with Gasteiger partial charge < -0.3 is 14.2 Å². The first-order chi connectivity index (χ1) is 18.6. The molecule has 38 heavy (non-hydrogen) atoms. The van der Waals surface area contributed by atoms with Crippen LogP contribution >= 0.6 is 31.9 Å². The van der Waals surface area contributed by atoms with Crippen molar-refractivity contribution in [3.05, 3.63) is 81.2 Å². The Bertz CT molecular complexity index is 1100. The first-order valence-corrected chi connectivity index (χ1v) is 15.6. The van der Waals surface area contributed by atoms with E-state index >= 15 is 0 Å². The average molecular weight is 644 g/mol. The van der Waals surface area contributed by atoms with Crippen LogP contribution in [0.25, 0.3) is 22.3 Å². The molecule has 204 valence electrons. The number of halogens is 2. The van der Waals surface area contributed by atoms with E-state index in [2.05, 4.69) is 106 Å². The lowest BCUT2D eigenvalue weighted by Gasteiger charge is -2.40. The summed E-state index contributed by atoms with van der Waals surface area (Å²) in [6, 6.07) is 23.7. The van der Waals surface area contributed by atoms with Gasteiger partial charge in [0.25, 0.3) is 0 Å². The maximum Gasteiger partial charge on any atom is 0.0723 e. The highest BCUT2D eigenvalue weighted by molar-refractivity contribution is 9.10. The largest absolute Gasteiger partial charge is 0.381 e. The maximum absolute atomic E-state index is 6.19. The Balaban J connectivity index is 1.20. The van der Waals surface area contributed by atoms with Crippen molar-refractivity contribution in [3.63, 3.8) is 0 Å². The van der Waals surface area contributed by atoms with E-state index in [9.17, 15) is 0 Å². The molecule has 0 atom stereocenters. The molecule has 1 aliphatic heterocycles. The third kappa shape index (κ3) is 8.50. The van der Waals surface area contributed by atoms with Crippen molar-refractivity contribution >= 4 is 31.9 Å². The van der Waals surface area contributed by atoms with Gasteiger partial charge in [-0.25, -0.2) is 0 Å². The van der Waals surface area contributed by atoms with Crippen LogP contribution in [-0.4, -0.2) is 33.0 Å². The van der Waals surface area contributed by atoms with E-state index in [1.54, 1.807) is 0 Å². The first-order valence-electron chi connectivity index (χ1n) is 14.0. The Kier molecular flexibility index (Phi) is 11.9. The van der Waals surface area contributed by atoms with Crippen LogP contribution in [0.15, 0.2) is 75.7 Å². The normalized spacial score (nSPS) is 14.4. The van der Waals surface area contributed by atoms with E-state index in [0.29, 0.717) is 12.0 Å². The minimum atomic E-state index is 0.305. The summed E-state index contributed by atoms with van der Waals surface area (Å²) in [5, 5.41) is 0. The van der Waals surface area contributed by atoms with Crippen molar-refractivity contribution in [2.75, 3.05) is 33.0 Å². The van der Waals surface area contributed by atoms with Crippen LogP contribution in [0.1, 0.15) is 57.4 Å². The van der Waals surface area contributed by atoms with Crippen LogP contribution in [0, 0.1) is 5.41 Å². The molecule has 3 nitrogen and oxygen atoms in total.